The first kappa shape index (κ1) is 17.7. The Morgan fingerprint density at radius 1 is 1.33 bits per heavy atom. The second-order valence-corrected chi connectivity index (χ2v) is 5.34. The van der Waals surface area contributed by atoms with Crippen molar-refractivity contribution in [2.45, 2.75) is 0 Å². The lowest BCUT2D eigenvalue weighted by atomic mass is 10.2. The van der Waals surface area contributed by atoms with E-state index in [0.717, 1.165) is 4.57 Å². The van der Waals surface area contributed by atoms with Gasteiger partial charge in [-0.1, -0.05) is 23.2 Å². The zero-order valence-electron chi connectivity index (χ0n) is 12.1. The molecule has 0 bridgehead atoms. The van der Waals surface area contributed by atoms with E-state index in [-0.39, 0.29) is 21.7 Å². The van der Waals surface area contributed by atoms with Crippen LogP contribution in [0.3, 0.4) is 0 Å². The molecule has 0 amide bonds. The second kappa shape index (κ2) is 6.85. The van der Waals surface area contributed by atoms with E-state index in [1.807, 2.05) is 4.98 Å². The maximum atomic E-state index is 12.1. The molecule has 24 heavy (non-hydrogen) atoms. The highest BCUT2D eigenvalue weighted by molar-refractivity contribution is 6.34. The number of Topliss-reactive ketones (excluding diaryl/α,β-unsaturated/α-hetero) is 1. The van der Waals surface area contributed by atoms with Crippen molar-refractivity contribution in [3.05, 3.63) is 54.4 Å². The number of esters is 1. The zero-order chi connectivity index (χ0) is 18.0. The summed E-state index contributed by atoms with van der Waals surface area (Å²) < 4.78 is 5.65. The Hall–Kier alpha value is -2.65. The summed E-state index contributed by atoms with van der Waals surface area (Å²) in [5.74, 6) is -2.24. The first-order chi connectivity index (χ1) is 11.2. The number of ether oxygens (including phenoxy) is 1. The highest BCUT2D eigenvalue weighted by Gasteiger charge is 2.21. The number of anilines is 1. The number of halogens is 2. The molecule has 0 fully saturated rings. The van der Waals surface area contributed by atoms with Crippen molar-refractivity contribution in [1.29, 1.82) is 0 Å². The average molecular weight is 373 g/mol. The molecule has 0 atom stereocenters. The fourth-order valence-corrected chi connectivity index (χ4v) is 2.07. The standard InChI is InChI=1S/C13H10Cl2N4O5/c1-19-10(16)8(11(21)18-13(19)23)6(20)4-24-12(22)9-5(14)2-3-7(15)17-9/h2-3H,4,16H2,1H3,(H,18,21,23). The Bertz CT molecular complexity index is 950. The summed E-state index contributed by atoms with van der Waals surface area (Å²) in [4.78, 5) is 52.6. The van der Waals surface area contributed by atoms with E-state index in [1.54, 1.807) is 0 Å². The molecular formula is C13H10Cl2N4O5. The van der Waals surface area contributed by atoms with Crippen molar-refractivity contribution in [2.75, 3.05) is 12.3 Å². The van der Waals surface area contributed by atoms with Crippen molar-refractivity contribution >= 4 is 40.8 Å². The van der Waals surface area contributed by atoms with E-state index in [0.29, 0.717) is 0 Å². The smallest absolute Gasteiger partial charge is 0.359 e. The third-order valence-electron chi connectivity index (χ3n) is 2.99. The lowest BCUT2D eigenvalue weighted by molar-refractivity contribution is 0.0468. The van der Waals surface area contributed by atoms with Crippen LogP contribution in [0.4, 0.5) is 5.82 Å². The highest BCUT2D eigenvalue weighted by Crippen LogP contribution is 2.17. The first-order valence-electron chi connectivity index (χ1n) is 6.33. The predicted octanol–water partition coefficient (Wildman–Crippen LogP) is 0.397. The van der Waals surface area contributed by atoms with E-state index in [4.69, 9.17) is 33.7 Å². The van der Waals surface area contributed by atoms with E-state index in [1.165, 1.54) is 19.2 Å². The summed E-state index contributed by atoms with van der Waals surface area (Å²) in [6, 6.07) is 2.71. The Morgan fingerprint density at radius 3 is 2.67 bits per heavy atom. The number of nitrogen functional groups attached to an aromatic ring is 1. The number of rotatable bonds is 4. The molecule has 2 aromatic heterocycles. The van der Waals surface area contributed by atoms with E-state index in [2.05, 4.69) is 4.98 Å². The summed E-state index contributed by atoms with van der Waals surface area (Å²) in [5, 5.41) is -0.00672. The van der Waals surface area contributed by atoms with Crippen molar-refractivity contribution in [3.8, 4) is 0 Å². The number of ketones is 1. The van der Waals surface area contributed by atoms with Gasteiger partial charge >= 0.3 is 11.7 Å². The third-order valence-corrected chi connectivity index (χ3v) is 3.50. The molecule has 0 spiro atoms. The Morgan fingerprint density at radius 2 is 2.00 bits per heavy atom. The van der Waals surface area contributed by atoms with Gasteiger partial charge in [0.1, 0.15) is 16.5 Å². The monoisotopic (exact) mass is 372 g/mol. The molecular weight excluding hydrogens is 363 g/mol. The summed E-state index contributed by atoms with van der Waals surface area (Å²) in [6.45, 7) is -0.797. The molecule has 0 unspecified atom stereocenters. The largest absolute Gasteiger partial charge is 0.453 e. The van der Waals surface area contributed by atoms with Crippen LogP contribution in [0.15, 0.2) is 21.7 Å². The van der Waals surface area contributed by atoms with Gasteiger partial charge in [0.2, 0.25) is 5.78 Å². The number of nitrogens with zero attached hydrogens (tertiary/aromatic N) is 2. The number of carbonyl (C=O) groups is 2. The Kier molecular flexibility index (Phi) is 5.05. The number of aromatic amines is 1. The Labute approximate surface area is 144 Å². The first-order valence-corrected chi connectivity index (χ1v) is 7.09. The molecule has 3 N–H and O–H groups in total. The lowest BCUT2D eigenvalue weighted by Crippen LogP contribution is -2.35. The molecule has 0 aromatic carbocycles. The number of nitrogens with one attached hydrogen (secondary N) is 1. The molecule has 9 nitrogen and oxygen atoms in total. The number of hydrogen-bond acceptors (Lipinski definition) is 7. The number of H-pyrrole nitrogens is 1. The molecule has 2 aromatic rings. The van der Waals surface area contributed by atoms with Crippen LogP contribution in [-0.2, 0) is 11.8 Å². The number of hydrogen-bond donors (Lipinski definition) is 2. The topological polar surface area (TPSA) is 137 Å². The van der Waals surface area contributed by atoms with Gasteiger partial charge in [-0.15, -0.1) is 0 Å². The minimum atomic E-state index is -1.00. The summed E-state index contributed by atoms with van der Waals surface area (Å²) in [5.41, 5.74) is 3.06. The van der Waals surface area contributed by atoms with Gasteiger partial charge in [-0.05, 0) is 12.1 Å². The van der Waals surface area contributed by atoms with E-state index in [9.17, 15) is 19.2 Å². The fourth-order valence-electron chi connectivity index (χ4n) is 1.74. The number of pyridine rings is 1. The van der Waals surface area contributed by atoms with Crippen LogP contribution >= 0.6 is 23.2 Å². The normalized spacial score (nSPS) is 10.5. The minimum Gasteiger partial charge on any atom is -0.453 e. The van der Waals surface area contributed by atoms with Gasteiger partial charge in [0.15, 0.2) is 12.3 Å². The van der Waals surface area contributed by atoms with Crippen LogP contribution < -0.4 is 17.0 Å². The summed E-state index contributed by atoms with van der Waals surface area (Å²) in [7, 11) is 1.27. The van der Waals surface area contributed by atoms with Gasteiger partial charge in [0.05, 0.1) is 5.02 Å². The maximum Gasteiger partial charge on any atom is 0.359 e. The highest BCUT2D eigenvalue weighted by atomic mass is 35.5. The molecule has 126 valence electrons. The molecule has 0 saturated heterocycles. The number of aromatic nitrogens is 3. The molecule has 11 heteroatoms. The van der Waals surface area contributed by atoms with Crippen molar-refractivity contribution < 1.29 is 14.3 Å². The van der Waals surface area contributed by atoms with Gasteiger partial charge in [-0.3, -0.25) is 19.1 Å². The summed E-state index contributed by atoms with van der Waals surface area (Å²) >= 11 is 11.4. The van der Waals surface area contributed by atoms with Gasteiger partial charge in [-0.2, -0.15) is 0 Å². The van der Waals surface area contributed by atoms with Crippen LogP contribution in [0.25, 0.3) is 0 Å². The van der Waals surface area contributed by atoms with E-state index >= 15 is 0 Å². The van der Waals surface area contributed by atoms with Crippen LogP contribution in [0.2, 0.25) is 10.2 Å². The zero-order valence-corrected chi connectivity index (χ0v) is 13.6. The minimum absolute atomic E-state index is 0.0106. The van der Waals surface area contributed by atoms with Crippen molar-refractivity contribution in [3.63, 3.8) is 0 Å². The van der Waals surface area contributed by atoms with Crippen molar-refractivity contribution in [2.24, 2.45) is 7.05 Å². The quantitative estimate of drug-likeness (QED) is 0.449. The summed E-state index contributed by atoms with van der Waals surface area (Å²) in [6.07, 6.45) is 0. The molecule has 0 aliphatic carbocycles. The van der Waals surface area contributed by atoms with Crippen LogP contribution in [0.5, 0.6) is 0 Å². The van der Waals surface area contributed by atoms with Crippen LogP contribution in [-0.4, -0.2) is 32.9 Å². The van der Waals surface area contributed by atoms with E-state index < -0.39 is 35.2 Å². The second-order valence-electron chi connectivity index (χ2n) is 4.54. The van der Waals surface area contributed by atoms with Crippen molar-refractivity contribution in [1.82, 2.24) is 14.5 Å². The fraction of sp³-hybridized carbons (Fsp3) is 0.154. The molecule has 0 aliphatic rings. The number of carbonyl (C=O) groups excluding carboxylic acids is 2. The number of nitrogens with two attached hydrogens (primary N) is 1. The molecule has 0 saturated carbocycles. The van der Waals surface area contributed by atoms with Crippen LogP contribution in [0, 0.1) is 0 Å². The average Bonchev–Trinajstić information content (AvgIpc) is 2.52. The molecule has 0 aliphatic heterocycles. The van der Waals surface area contributed by atoms with Crippen LogP contribution in [0.1, 0.15) is 20.8 Å². The predicted molar refractivity (Wildman–Crippen MR) is 85.6 cm³/mol. The maximum absolute atomic E-state index is 12.1. The molecule has 2 heterocycles. The van der Waals surface area contributed by atoms with Gasteiger partial charge < -0.3 is 10.5 Å². The molecule has 2 rings (SSSR count). The van der Waals surface area contributed by atoms with Gasteiger partial charge in [0.25, 0.3) is 5.56 Å². The third kappa shape index (κ3) is 3.47. The van der Waals surface area contributed by atoms with Gasteiger partial charge in [0, 0.05) is 7.05 Å². The molecule has 0 radical (unpaired) electrons. The lowest BCUT2D eigenvalue weighted by Gasteiger charge is -2.08. The van der Waals surface area contributed by atoms with Gasteiger partial charge in [-0.25, -0.2) is 14.6 Å². The Balaban J connectivity index is 2.21. The SMILES string of the molecule is Cn1c(N)c(C(=O)COC(=O)c2nc(Cl)ccc2Cl)c(=O)[nH]c1=O.